The van der Waals surface area contributed by atoms with Gasteiger partial charge >= 0.3 is 5.82 Å². The molecule has 2 aromatic heterocycles. The molecule has 128 valence electrons. The number of pyridine rings is 1. The molecule has 25 heavy (non-hydrogen) atoms. The number of benzene rings is 1. The number of methoxy groups -OCH3 is 1. The van der Waals surface area contributed by atoms with Gasteiger partial charge in [-0.2, -0.15) is 4.98 Å². The number of aryl methyl sites for hydroxylation is 1. The second kappa shape index (κ2) is 6.95. The SMILES string of the molecule is COc1ccccc1-c1noc(COc2ccc(C)nc2[N+](=O)[O-])n1. The van der Waals surface area contributed by atoms with Crippen molar-refractivity contribution >= 4 is 5.82 Å². The zero-order valence-electron chi connectivity index (χ0n) is 13.5. The molecule has 0 aliphatic carbocycles. The fourth-order valence-corrected chi connectivity index (χ4v) is 2.17. The second-order valence-corrected chi connectivity index (χ2v) is 5.03. The summed E-state index contributed by atoms with van der Waals surface area (Å²) < 4.78 is 15.8. The number of para-hydroxylation sites is 1. The number of nitrogens with zero attached hydrogens (tertiary/aromatic N) is 4. The topological polar surface area (TPSA) is 113 Å². The van der Waals surface area contributed by atoms with Crippen LogP contribution in [0.25, 0.3) is 11.4 Å². The number of hydrogen-bond acceptors (Lipinski definition) is 8. The quantitative estimate of drug-likeness (QED) is 0.496. The predicted octanol–water partition coefficient (Wildman–Crippen LogP) is 2.94. The highest BCUT2D eigenvalue weighted by atomic mass is 16.6. The first-order chi connectivity index (χ1) is 12.1. The maximum absolute atomic E-state index is 11.0. The molecule has 0 atom stereocenters. The standard InChI is InChI=1S/C16H14N4O5/c1-10-7-8-13(16(17-10)20(21)22)24-9-14-18-15(19-25-14)11-5-3-4-6-12(11)23-2/h3-8H,9H2,1-2H3. The van der Waals surface area contributed by atoms with Gasteiger partial charge in [0.1, 0.15) is 11.4 Å². The lowest BCUT2D eigenvalue weighted by Crippen LogP contribution is -2.02. The van der Waals surface area contributed by atoms with Crippen LogP contribution >= 0.6 is 0 Å². The molecule has 1 aromatic carbocycles. The van der Waals surface area contributed by atoms with Crippen molar-refractivity contribution in [2.75, 3.05) is 7.11 Å². The van der Waals surface area contributed by atoms with Gasteiger partial charge in [0, 0.05) is 6.92 Å². The van der Waals surface area contributed by atoms with E-state index in [1.54, 1.807) is 32.2 Å². The van der Waals surface area contributed by atoms with Crippen LogP contribution in [0.2, 0.25) is 0 Å². The lowest BCUT2D eigenvalue weighted by molar-refractivity contribution is -0.390. The van der Waals surface area contributed by atoms with Gasteiger partial charge in [-0.25, -0.2) is 0 Å². The van der Waals surface area contributed by atoms with E-state index in [0.717, 1.165) is 0 Å². The minimum atomic E-state index is -0.601. The maximum Gasteiger partial charge on any atom is 0.406 e. The van der Waals surface area contributed by atoms with Crippen LogP contribution in [0.5, 0.6) is 11.5 Å². The van der Waals surface area contributed by atoms with Crippen LogP contribution in [-0.2, 0) is 6.61 Å². The Balaban J connectivity index is 1.78. The maximum atomic E-state index is 11.0. The van der Waals surface area contributed by atoms with E-state index in [9.17, 15) is 10.1 Å². The number of aromatic nitrogens is 3. The van der Waals surface area contributed by atoms with Crippen molar-refractivity contribution in [3.05, 3.63) is 58.1 Å². The van der Waals surface area contributed by atoms with E-state index in [2.05, 4.69) is 15.1 Å². The zero-order valence-corrected chi connectivity index (χ0v) is 13.5. The van der Waals surface area contributed by atoms with Crippen molar-refractivity contribution in [1.29, 1.82) is 0 Å². The first-order valence-electron chi connectivity index (χ1n) is 7.29. The zero-order chi connectivity index (χ0) is 17.8. The highest BCUT2D eigenvalue weighted by molar-refractivity contribution is 5.63. The van der Waals surface area contributed by atoms with Crippen LogP contribution in [0.3, 0.4) is 0 Å². The molecule has 0 unspecified atom stereocenters. The molecule has 2 heterocycles. The minimum absolute atomic E-state index is 0.0349. The lowest BCUT2D eigenvalue weighted by Gasteiger charge is -2.04. The summed E-state index contributed by atoms with van der Waals surface area (Å²) >= 11 is 0. The third-order valence-corrected chi connectivity index (χ3v) is 3.32. The largest absolute Gasteiger partial charge is 0.496 e. The molecule has 0 aliphatic rings. The average molecular weight is 342 g/mol. The molecule has 3 aromatic rings. The number of ether oxygens (including phenoxy) is 2. The molecule has 0 saturated heterocycles. The first kappa shape index (κ1) is 16.4. The van der Waals surface area contributed by atoms with Crippen LogP contribution in [0.4, 0.5) is 5.82 Å². The van der Waals surface area contributed by atoms with Crippen LogP contribution in [0.1, 0.15) is 11.6 Å². The van der Waals surface area contributed by atoms with E-state index in [0.29, 0.717) is 22.8 Å². The van der Waals surface area contributed by atoms with Crippen molar-refractivity contribution in [1.82, 2.24) is 15.1 Å². The summed E-state index contributed by atoms with van der Waals surface area (Å²) in [4.78, 5) is 18.5. The summed E-state index contributed by atoms with van der Waals surface area (Å²) in [7, 11) is 1.55. The number of rotatable bonds is 6. The van der Waals surface area contributed by atoms with Gasteiger partial charge in [-0.1, -0.05) is 17.3 Å². The van der Waals surface area contributed by atoms with E-state index in [4.69, 9.17) is 14.0 Å². The molecule has 0 bridgehead atoms. The summed E-state index contributed by atoms with van der Waals surface area (Å²) in [5, 5.41) is 14.9. The molecule has 0 amide bonds. The van der Waals surface area contributed by atoms with Crippen LogP contribution < -0.4 is 9.47 Å². The van der Waals surface area contributed by atoms with Gasteiger partial charge < -0.3 is 24.1 Å². The molecule has 0 spiro atoms. The minimum Gasteiger partial charge on any atom is -0.496 e. The normalized spacial score (nSPS) is 10.5. The lowest BCUT2D eigenvalue weighted by atomic mass is 10.2. The number of nitro groups is 1. The van der Waals surface area contributed by atoms with E-state index in [1.165, 1.54) is 6.07 Å². The molecule has 9 nitrogen and oxygen atoms in total. The Morgan fingerprint density at radius 3 is 2.72 bits per heavy atom. The van der Waals surface area contributed by atoms with Gasteiger partial charge in [0.15, 0.2) is 6.61 Å². The van der Waals surface area contributed by atoms with E-state index in [-0.39, 0.29) is 24.1 Å². The Kier molecular flexibility index (Phi) is 4.55. The van der Waals surface area contributed by atoms with Gasteiger partial charge in [-0.3, -0.25) is 0 Å². The van der Waals surface area contributed by atoms with Gasteiger partial charge in [-0.05, 0) is 34.2 Å². The number of hydrogen-bond donors (Lipinski definition) is 0. The Morgan fingerprint density at radius 1 is 1.16 bits per heavy atom. The molecule has 0 N–H and O–H groups in total. The average Bonchev–Trinajstić information content (AvgIpc) is 3.09. The summed E-state index contributed by atoms with van der Waals surface area (Å²) in [6, 6.07) is 10.3. The molecule has 0 saturated carbocycles. The van der Waals surface area contributed by atoms with Crippen molar-refractivity contribution in [3.8, 4) is 22.9 Å². The van der Waals surface area contributed by atoms with Gasteiger partial charge in [0.2, 0.25) is 11.6 Å². The van der Waals surface area contributed by atoms with Crippen LogP contribution in [0.15, 0.2) is 40.9 Å². The van der Waals surface area contributed by atoms with Crippen molar-refractivity contribution in [2.45, 2.75) is 13.5 Å². The monoisotopic (exact) mass is 342 g/mol. The third-order valence-electron chi connectivity index (χ3n) is 3.32. The molecule has 0 aliphatic heterocycles. The molecule has 9 heteroatoms. The Hall–Kier alpha value is -3.49. The second-order valence-electron chi connectivity index (χ2n) is 5.03. The summed E-state index contributed by atoms with van der Waals surface area (Å²) in [5.74, 6) is 0.801. The summed E-state index contributed by atoms with van der Waals surface area (Å²) in [6.07, 6.45) is 0. The van der Waals surface area contributed by atoms with Crippen molar-refractivity contribution < 1.29 is 18.9 Å². The van der Waals surface area contributed by atoms with Gasteiger partial charge in [0.25, 0.3) is 5.89 Å². The first-order valence-corrected chi connectivity index (χ1v) is 7.29. The summed E-state index contributed by atoms with van der Waals surface area (Å²) in [5.41, 5.74) is 1.19. The molecular formula is C16H14N4O5. The van der Waals surface area contributed by atoms with Crippen molar-refractivity contribution in [2.24, 2.45) is 0 Å². The fourth-order valence-electron chi connectivity index (χ4n) is 2.17. The van der Waals surface area contributed by atoms with Crippen LogP contribution in [-0.4, -0.2) is 27.2 Å². The molecule has 3 rings (SSSR count). The van der Waals surface area contributed by atoms with Gasteiger partial charge in [0.05, 0.1) is 12.7 Å². The van der Waals surface area contributed by atoms with Gasteiger partial charge in [-0.15, -0.1) is 0 Å². The highest BCUT2D eigenvalue weighted by Gasteiger charge is 2.19. The van der Waals surface area contributed by atoms with E-state index < -0.39 is 4.92 Å². The van der Waals surface area contributed by atoms with E-state index >= 15 is 0 Å². The summed E-state index contributed by atoms with van der Waals surface area (Å²) in [6.45, 7) is 1.54. The Labute approximate surface area is 142 Å². The van der Waals surface area contributed by atoms with Crippen molar-refractivity contribution in [3.63, 3.8) is 0 Å². The Morgan fingerprint density at radius 2 is 1.96 bits per heavy atom. The molecular weight excluding hydrogens is 328 g/mol. The van der Waals surface area contributed by atoms with E-state index in [1.807, 2.05) is 12.1 Å². The highest BCUT2D eigenvalue weighted by Crippen LogP contribution is 2.28. The Bertz CT molecular complexity index is 909. The van der Waals surface area contributed by atoms with Crippen LogP contribution in [0, 0.1) is 17.0 Å². The molecule has 0 radical (unpaired) electrons. The predicted molar refractivity (Wildman–Crippen MR) is 86.2 cm³/mol. The third kappa shape index (κ3) is 3.55. The fraction of sp³-hybridized carbons (Fsp3) is 0.188. The molecule has 0 fully saturated rings. The smallest absolute Gasteiger partial charge is 0.406 e.